The third-order valence-electron chi connectivity index (χ3n) is 5.98. The fourth-order valence-corrected chi connectivity index (χ4v) is 4.34. The number of benzene rings is 1. The van der Waals surface area contributed by atoms with Crippen LogP contribution in [0.3, 0.4) is 0 Å². The van der Waals surface area contributed by atoms with Crippen molar-refractivity contribution in [3.05, 3.63) is 55.0 Å². The number of carbonyl (C=O) groups is 1. The number of amides is 1. The highest BCUT2D eigenvalue weighted by molar-refractivity contribution is 5.90. The number of hydrogen-bond donors (Lipinski definition) is 2. The number of pyridine rings is 1. The Hall–Kier alpha value is -4.21. The molecule has 5 rings (SSSR count). The molecule has 0 bridgehead atoms. The number of nitrogens with zero attached hydrogens (tertiary/aromatic N) is 7. The van der Waals surface area contributed by atoms with Crippen LogP contribution >= 0.6 is 0 Å². The van der Waals surface area contributed by atoms with E-state index in [2.05, 4.69) is 59.9 Å². The molecular weight excluding hydrogens is 442 g/mol. The first-order valence-electron chi connectivity index (χ1n) is 11.8. The number of hydrogen-bond acceptors (Lipinski definition) is 8. The molecule has 4 aromatic rings. The van der Waals surface area contributed by atoms with Crippen molar-refractivity contribution >= 4 is 46.0 Å². The molecule has 0 spiro atoms. The summed E-state index contributed by atoms with van der Waals surface area (Å²) in [5, 5.41) is 6.14. The van der Waals surface area contributed by atoms with Crippen LogP contribution < -0.4 is 20.4 Å². The van der Waals surface area contributed by atoms with Crippen LogP contribution in [0.15, 0.2) is 55.0 Å². The quantitative estimate of drug-likeness (QED) is 0.437. The van der Waals surface area contributed by atoms with Crippen LogP contribution in [-0.4, -0.2) is 56.6 Å². The summed E-state index contributed by atoms with van der Waals surface area (Å²) in [7, 11) is 0. The van der Waals surface area contributed by atoms with E-state index in [0.29, 0.717) is 5.82 Å². The van der Waals surface area contributed by atoms with Gasteiger partial charge in [0.1, 0.15) is 12.1 Å². The Kier molecular flexibility index (Phi) is 6.17. The van der Waals surface area contributed by atoms with E-state index in [9.17, 15) is 4.79 Å². The van der Waals surface area contributed by atoms with E-state index in [1.54, 1.807) is 6.33 Å². The second kappa shape index (κ2) is 9.57. The maximum absolute atomic E-state index is 11.3. The Bertz CT molecular complexity index is 1310. The van der Waals surface area contributed by atoms with Gasteiger partial charge in [-0.15, -0.1) is 0 Å². The van der Waals surface area contributed by atoms with Crippen LogP contribution in [0.1, 0.15) is 26.8 Å². The van der Waals surface area contributed by atoms with Gasteiger partial charge in [-0.3, -0.25) is 9.36 Å². The number of fused-ring (bicyclic) bond motifs is 1. The molecular formula is C25H29N9O. The molecule has 0 radical (unpaired) electrons. The van der Waals surface area contributed by atoms with Crippen molar-refractivity contribution in [1.29, 1.82) is 0 Å². The fourth-order valence-electron chi connectivity index (χ4n) is 4.34. The summed E-state index contributed by atoms with van der Waals surface area (Å²) < 4.78 is 2.18. The smallest absolute Gasteiger partial charge is 0.221 e. The largest absolute Gasteiger partial charge is 0.353 e. The first-order valence-corrected chi connectivity index (χ1v) is 11.8. The van der Waals surface area contributed by atoms with Gasteiger partial charge in [0.15, 0.2) is 17.0 Å². The summed E-state index contributed by atoms with van der Waals surface area (Å²) in [5.41, 5.74) is 3.12. The van der Waals surface area contributed by atoms with Crippen molar-refractivity contribution in [2.24, 2.45) is 0 Å². The highest BCUT2D eigenvalue weighted by Crippen LogP contribution is 2.31. The van der Waals surface area contributed by atoms with E-state index in [-0.39, 0.29) is 11.9 Å². The number of imidazole rings is 1. The molecule has 0 saturated carbocycles. The van der Waals surface area contributed by atoms with Gasteiger partial charge in [-0.1, -0.05) is 6.07 Å². The van der Waals surface area contributed by atoms with Crippen molar-refractivity contribution in [3.8, 4) is 0 Å². The minimum Gasteiger partial charge on any atom is -0.353 e. The number of carbonyl (C=O) groups excluding carboxylic acids is 1. The maximum Gasteiger partial charge on any atom is 0.221 e. The first-order chi connectivity index (χ1) is 17.0. The minimum absolute atomic E-state index is 0.101. The van der Waals surface area contributed by atoms with Crippen LogP contribution in [0.4, 0.5) is 29.0 Å². The minimum atomic E-state index is -0.101. The maximum atomic E-state index is 11.3. The molecule has 1 aromatic carbocycles. The van der Waals surface area contributed by atoms with E-state index in [4.69, 9.17) is 4.98 Å². The Morgan fingerprint density at radius 2 is 1.63 bits per heavy atom. The Labute approximate surface area is 204 Å². The van der Waals surface area contributed by atoms with E-state index in [1.807, 2.05) is 42.6 Å². The molecule has 0 aliphatic carbocycles. The third kappa shape index (κ3) is 4.72. The summed E-state index contributed by atoms with van der Waals surface area (Å²) in [6.07, 6.45) is 3.40. The van der Waals surface area contributed by atoms with Gasteiger partial charge in [-0.05, 0) is 50.2 Å². The van der Waals surface area contributed by atoms with Crippen molar-refractivity contribution in [2.75, 3.05) is 46.6 Å². The second-order valence-electron chi connectivity index (χ2n) is 8.82. The molecule has 1 fully saturated rings. The molecule has 4 heterocycles. The number of anilines is 5. The lowest BCUT2D eigenvalue weighted by molar-refractivity contribution is -0.114. The van der Waals surface area contributed by atoms with Crippen LogP contribution in [0.2, 0.25) is 0 Å². The van der Waals surface area contributed by atoms with Crippen molar-refractivity contribution in [2.45, 2.75) is 26.8 Å². The zero-order chi connectivity index (χ0) is 24.4. The van der Waals surface area contributed by atoms with E-state index in [0.717, 1.165) is 60.5 Å². The Morgan fingerprint density at radius 1 is 0.914 bits per heavy atom. The number of nitrogens with one attached hydrogen (secondary N) is 2. The Morgan fingerprint density at radius 3 is 2.29 bits per heavy atom. The molecule has 2 N–H and O–H groups in total. The van der Waals surface area contributed by atoms with Crippen molar-refractivity contribution in [3.63, 3.8) is 0 Å². The summed E-state index contributed by atoms with van der Waals surface area (Å²) in [5.74, 6) is 2.46. The normalized spacial score (nSPS) is 13.9. The summed E-state index contributed by atoms with van der Waals surface area (Å²) in [4.78, 5) is 34.5. The Balaban J connectivity index is 1.41. The van der Waals surface area contributed by atoms with Crippen LogP contribution in [0.25, 0.3) is 11.2 Å². The zero-order valence-corrected chi connectivity index (χ0v) is 20.1. The lowest BCUT2D eigenvalue weighted by Crippen LogP contribution is -2.47. The van der Waals surface area contributed by atoms with E-state index in [1.165, 1.54) is 6.92 Å². The molecule has 10 nitrogen and oxygen atoms in total. The van der Waals surface area contributed by atoms with Gasteiger partial charge >= 0.3 is 0 Å². The SMILES string of the molecule is CC(=O)Nc1ccc(Nc2ncnc3c2nc(N2CCN(c4ccccn4)CC2)n3C(C)C)cc1. The molecule has 1 saturated heterocycles. The van der Waals surface area contributed by atoms with Gasteiger partial charge in [-0.25, -0.2) is 19.9 Å². The predicted octanol–water partition coefficient (Wildman–Crippen LogP) is 3.83. The summed E-state index contributed by atoms with van der Waals surface area (Å²) >= 11 is 0. The van der Waals surface area contributed by atoms with E-state index >= 15 is 0 Å². The highest BCUT2D eigenvalue weighted by atomic mass is 16.1. The zero-order valence-electron chi connectivity index (χ0n) is 20.1. The predicted molar refractivity (Wildman–Crippen MR) is 138 cm³/mol. The fraction of sp³-hybridized carbons (Fsp3) is 0.320. The lowest BCUT2D eigenvalue weighted by Gasteiger charge is -2.36. The van der Waals surface area contributed by atoms with Crippen molar-refractivity contribution < 1.29 is 4.79 Å². The monoisotopic (exact) mass is 471 g/mol. The average Bonchev–Trinajstić information content (AvgIpc) is 3.27. The van der Waals surface area contributed by atoms with Gasteiger partial charge in [0, 0.05) is 56.7 Å². The molecule has 10 heteroatoms. The number of piperazine rings is 1. The van der Waals surface area contributed by atoms with Gasteiger partial charge in [0.2, 0.25) is 11.9 Å². The second-order valence-corrected chi connectivity index (χ2v) is 8.82. The molecule has 0 unspecified atom stereocenters. The van der Waals surface area contributed by atoms with Crippen molar-refractivity contribution in [1.82, 2.24) is 24.5 Å². The van der Waals surface area contributed by atoms with Crippen LogP contribution in [0, 0.1) is 0 Å². The van der Waals surface area contributed by atoms with Gasteiger partial charge in [-0.2, -0.15) is 0 Å². The molecule has 3 aromatic heterocycles. The average molecular weight is 472 g/mol. The highest BCUT2D eigenvalue weighted by Gasteiger charge is 2.25. The van der Waals surface area contributed by atoms with Gasteiger partial charge < -0.3 is 20.4 Å². The standard InChI is InChI=1S/C25H29N9O/c1-17(2)34-24-22(23(27-16-28-24)30-20-9-7-19(8-10-20)29-18(3)35)31-25(34)33-14-12-32(13-15-33)21-6-4-5-11-26-21/h4-11,16-17H,12-15H2,1-3H3,(H,29,35)(H,27,28,30). The van der Waals surface area contributed by atoms with E-state index < -0.39 is 0 Å². The molecule has 1 aliphatic rings. The molecule has 1 amide bonds. The van der Waals surface area contributed by atoms with Gasteiger partial charge in [0.05, 0.1) is 0 Å². The number of aromatic nitrogens is 5. The topological polar surface area (TPSA) is 104 Å². The molecule has 180 valence electrons. The molecule has 1 aliphatic heterocycles. The van der Waals surface area contributed by atoms with Crippen LogP contribution in [0.5, 0.6) is 0 Å². The van der Waals surface area contributed by atoms with Crippen LogP contribution in [-0.2, 0) is 4.79 Å². The lowest BCUT2D eigenvalue weighted by atomic mass is 10.2. The molecule has 35 heavy (non-hydrogen) atoms. The third-order valence-corrected chi connectivity index (χ3v) is 5.98. The first kappa shape index (κ1) is 22.6. The molecule has 0 atom stereocenters. The summed E-state index contributed by atoms with van der Waals surface area (Å²) in [6.45, 7) is 9.20. The number of rotatable bonds is 6. The summed E-state index contributed by atoms with van der Waals surface area (Å²) in [6, 6.07) is 13.7. The van der Waals surface area contributed by atoms with Gasteiger partial charge in [0.25, 0.3) is 0 Å².